The number of nitriles is 1. The summed E-state index contributed by atoms with van der Waals surface area (Å²) in [6.45, 7) is 1.88. The van der Waals surface area contributed by atoms with Crippen LogP contribution in [0.3, 0.4) is 0 Å². The topological polar surface area (TPSA) is 50.1 Å². The van der Waals surface area contributed by atoms with Gasteiger partial charge in [-0.15, -0.1) is 11.3 Å². The van der Waals surface area contributed by atoms with Gasteiger partial charge in [0.2, 0.25) is 5.78 Å². The Bertz CT molecular complexity index is 673. The van der Waals surface area contributed by atoms with Gasteiger partial charge in [0.05, 0.1) is 10.4 Å². The van der Waals surface area contributed by atoms with Gasteiger partial charge in [0.1, 0.15) is 17.6 Å². The van der Waals surface area contributed by atoms with Crippen molar-refractivity contribution in [2.75, 3.05) is 6.61 Å². The Morgan fingerprint density at radius 3 is 2.80 bits per heavy atom. The largest absolute Gasteiger partial charge is 0.485 e. The highest BCUT2D eigenvalue weighted by Crippen LogP contribution is 2.19. The predicted molar refractivity (Wildman–Crippen MR) is 74.6 cm³/mol. The number of thiophene rings is 1. The lowest BCUT2D eigenvalue weighted by atomic mass is 10.2. The molecule has 0 unspecified atom stereocenters. The normalized spacial score (nSPS) is 10.1. The Balaban J connectivity index is 2.00. The minimum Gasteiger partial charge on any atom is -0.485 e. The number of carbonyl (C=O) groups excluding carboxylic acids is 1. The maximum atomic E-state index is 13.4. The summed E-state index contributed by atoms with van der Waals surface area (Å²) in [5, 5.41) is 8.62. The molecule has 2 rings (SSSR count). The van der Waals surface area contributed by atoms with E-state index in [1.807, 2.05) is 13.0 Å². The monoisotopic (exact) mass is 289 g/mol. The van der Waals surface area contributed by atoms with E-state index in [1.54, 1.807) is 12.1 Å². The van der Waals surface area contributed by atoms with Crippen LogP contribution in [0.15, 0.2) is 30.3 Å². The first-order chi connectivity index (χ1) is 9.63. The fourth-order valence-electron chi connectivity index (χ4n) is 1.61. The molecule has 1 aromatic heterocycles. The standard InChI is InChI=1S/C15H12FNO2S/c1-2-12-5-6-15(20-12)14(18)9-19-11-4-3-10(8-17)13(16)7-11/h3-7H,2,9H2,1H3. The van der Waals surface area contributed by atoms with Crippen molar-refractivity contribution in [3.8, 4) is 11.8 Å². The molecule has 0 spiro atoms. The minimum atomic E-state index is -0.651. The second-order valence-corrected chi connectivity index (χ2v) is 5.25. The van der Waals surface area contributed by atoms with Gasteiger partial charge in [-0.1, -0.05) is 6.92 Å². The van der Waals surface area contributed by atoms with Crippen molar-refractivity contribution < 1.29 is 13.9 Å². The van der Waals surface area contributed by atoms with E-state index in [0.717, 1.165) is 17.4 Å². The Labute approximate surface area is 120 Å². The van der Waals surface area contributed by atoms with E-state index in [2.05, 4.69) is 0 Å². The molecule has 0 saturated heterocycles. The summed E-state index contributed by atoms with van der Waals surface area (Å²) in [7, 11) is 0. The smallest absolute Gasteiger partial charge is 0.210 e. The molecule has 0 aliphatic heterocycles. The van der Waals surface area contributed by atoms with Crippen LogP contribution < -0.4 is 4.74 Å². The molecular formula is C15H12FNO2S. The van der Waals surface area contributed by atoms with Crippen molar-refractivity contribution >= 4 is 17.1 Å². The molecule has 0 atom stereocenters. The molecule has 0 amide bonds. The lowest BCUT2D eigenvalue weighted by Gasteiger charge is -2.05. The second kappa shape index (κ2) is 6.31. The van der Waals surface area contributed by atoms with Gasteiger partial charge >= 0.3 is 0 Å². The van der Waals surface area contributed by atoms with Gasteiger partial charge in [-0.2, -0.15) is 5.26 Å². The van der Waals surface area contributed by atoms with Crippen LogP contribution in [-0.2, 0) is 6.42 Å². The number of ether oxygens (including phenoxy) is 1. The van der Waals surface area contributed by atoms with E-state index < -0.39 is 5.82 Å². The van der Waals surface area contributed by atoms with E-state index in [1.165, 1.54) is 23.5 Å². The summed E-state index contributed by atoms with van der Waals surface area (Å²) in [4.78, 5) is 13.7. The number of Topliss-reactive ketones (excluding diaryl/α,β-unsaturated/α-hetero) is 1. The SMILES string of the molecule is CCc1ccc(C(=O)COc2ccc(C#N)c(F)c2)s1. The van der Waals surface area contributed by atoms with Crippen LogP contribution >= 0.6 is 11.3 Å². The number of carbonyl (C=O) groups is 1. The number of hydrogen-bond donors (Lipinski definition) is 0. The fourth-order valence-corrected chi connectivity index (χ4v) is 2.49. The maximum absolute atomic E-state index is 13.4. The van der Waals surface area contributed by atoms with Crippen molar-refractivity contribution in [3.63, 3.8) is 0 Å². The van der Waals surface area contributed by atoms with Crippen molar-refractivity contribution in [1.29, 1.82) is 5.26 Å². The lowest BCUT2D eigenvalue weighted by Crippen LogP contribution is -2.10. The molecule has 0 N–H and O–H groups in total. The Morgan fingerprint density at radius 1 is 1.40 bits per heavy atom. The second-order valence-electron chi connectivity index (χ2n) is 4.08. The number of aryl methyl sites for hydroxylation is 1. The van der Waals surface area contributed by atoms with Gasteiger partial charge in [-0.3, -0.25) is 4.79 Å². The summed E-state index contributed by atoms with van der Waals surface area (Å²) in [5.74, 6) is -0.552. The van der Waals surface area contributed by atoms with Crippen molar-refractivity contribution in [2.45, 2.75) is 13.3 Å². The summed E-state index contributed by atoms with van der Waals surface area (Å²) < 4.78 is 18.6. The molecule has 1 aromatic carbocycles. The molecule has 20 heavy (non-hydrogen) atoms. The molecule has 0 radical (unpaired) electrons. The molecule has 0 fully saturated rings. The first-order valence-electron chi connectivity index (χ1n) is 6.08. The third-order valence-electron chi connectivity index (χ3n) is 2.72. The van der Waals surface area contributed by atoms with Crippen molar-refractivity contribution in [1.82, 2.24) is 0 Å². The van der Waals surface area contributed by atoms with Crippen LogP contribution in [0.25, 0.3) is 0 Å². The summed E-state index contributed by atoms with van der Waals surface area (Å²) in [6.07, 6.45) is 0.889. The van der Waals surface area contributed by atoms with Crippen LogP contribution in [0.1, 0.15) is 27.0 Å². The highest BCUT2D eigenvalue weighted by atomic mass is 32.1. The fraction of sp³-hybridized carbons (Fsp3) is 0.200. The number of nitrogens with zero attached hydrogens (tertiary/aromatic N) is 1. The van der Waals surface area contributed by atoms with Crippen LogP contribution in [0.5, 0.6) is 5.75 Å². The minimum absolute atomic E-state index is 0.0467. The number of rotatable bonds is 5. The molecule has 2 aromatic rings. The number of hydrogen-bond acceptors (Lipinski definition) is 4. The third kappa shape index (κ3) is 3.22. The van der Waals surface area contributed by atoms with Crippen molar-refractivity contribution in [3.05, 3.63) is 51.5 Å². The van der Waals surface area contributed by atoms with E-state index in [0.29, 0.717) is 4.88 Å². The van der Waals surface area contributed by atoms with Gasteiger partial charge in [0.25, 0.3) is 0 Å². The zero-order chi connectivity index (χ0) is 14.5. The van der Waals surface area contributed by atoms with Gasteiger partial charge in [0.15, 0.2) is 6.61 Å². The third-order valence-corrected chi connectivity index (χ3v) is 3.99. The van der Waals surface area contributed by atoms with Gasteiger partial charge < -0.3 is 4.74 Å². The molecule has 5 heteroatoms. The summed E-state index contributed by atoms with van der Waals surface area (Å²) in [5.41, 5.74) is -0.0467. The molecule has 0 aliphatic carbocycles. The summed E-state index contributed by atoms with van der Waals surface area (Å²) >= 11 is 1.44. The first-order valence-corrected chi connectivity index (χ1v) is 6.90. The molecule has 102 valence electrons. The van der Waals surface area contributed by atoms with E-state index in [-0.39, 0.29) is 23.7 Å². The van der Waals surface area contributed by atoms with Gasteiger partial charge in [-0.05, 0) is 30.7 Å². The Kier molecular flexibility index (Phi) is 4.49. The predicted octanol–water partition coefficient (Wildman–Crippen LogP) is 3.58. The molecule has 1 heterocycles. The highest BCUT2D eigenvalue weighted by molar-refractivity contribution is 7.14. The van der Waals surface area contributed by atoms with Crippen molar-refractivity contribution in [2.24, 2.45) is 0 Å². The zero-order valence-corrected chi connectivity index (χ0v) is 11.7. The molecule has 0 bridgehead atoms. The molecule has 0 saturated carbocycles. The quantitative estimate of drug-likeness (QED) is 0.790. The molecular weight excluding hydrogens is 277 g/mol. The van der Waals surface area contributed by atoms with Gasteiger partial charge in [0, 0.05) is 10.9 Å². The van der Waals surface area contributed by atoms with E-state index in [4.69, 9.17) is 10.00 Å². The van der Waals surface area contributed by atoms with E-state index >= 15 is 0 Å². The van der Waals surface area contributed by atoms with Crippen LogP contribution in [0, 0.1) is 17.1 Å². The number of benzene rings is 1. The van der Waals surface area contributed by atoms with Crippen LogP contribution in [0.2, 0.25) is 0 Å². The number of ketones is 1. The van der Waals surface area contributed by atoms with Gasteiger partial charge in [-0.25, -0.2) is 4.39 Å². The number of halogens is 1. The van der Waals surface area contributed by atoms with Crippen LogP contribution in [0.4, 0.5) is 4.39 Å². The first kappa shape index (κ1) is 14.2. The average Bonchev–Trinajstić information content (AvgIpc) is 2.94. The highest BCUT2D eigenvalue weighted by Gasteiger charge is 2.10. The molecule has 0 aliphatic rings. The Morgan fingerprint density at radius 2 is 2.20 bits per heavy atom. The zero-order valence-electron chi connectivity index (χ0n) is 10.9. The van der Waals surface area contributed by atoms with Crippen LogP contribution in [-0.4, -0.2) is 12.4 Å². The Hall–Kier alpha value is -2.19. The lowest BCUT2D eigenvalue weighted by molar-refractivity contribution is 0.0925. The summed E-state index contributed by atoms with van der Waals surface area (Å²) in [6, 6.07) is 9.33. The molecule has 3 nitrogen and oxygen atoms in total. The van der Waals surface area contributed by atoms with E-state index in [9.17, 15) is 9.18 Å². The average molecular weight is 289 g/mol. The maximum Gasteiger partial charge on any atom is 0.210 e.